The van der Waals surface area contributed by atoms with Gasteiger partial charge in [0, 0.05) is 64.6 Å². The number of benzene rings is 8. The zero-order valence-electron chi connectivity index (χ0n) is 65.7. The Balaban J connectivity index is 0.000000137. The third-order valence-electron chi connectivity index (χ3n) is 21.4. The maximum absolute atomic E-state index is 9.17. The largest absolute Gasteiger partial charge is 0.515 e. The Morgan fingerprint density at radius 3 is 1.22 bits per heavy atom. The van der Waals surface area contributed by atoms with Gasteiger partial charge in [-0.15, -0.1) is 0 Å². The quantitative estimate of drug-likeness (QED) is 0.0686. The highest BCUT2D eigenvalue weighted by Gasteiger charge is 2.64. The molecule has 6 N–H and O–H groups in total. The molecular weight excluding hydrogens is 1860 g/mol. The summed E-state index contributed by atoms with van der Waals surface area (Å²) >= 11 is 36.5. The fourth-order valence-corrected chi connectivity index (χ4v) is 15.5. The second-order valence-electron chi connectivity index (χ2n) is 30.6. The summed E-state index contributed by atoms with van der Waals surface area (Å²) in [5, 5.41) is 32.8. The van der Waals surface area contributed by atoms with Gasteiger partial charge < -0.3 is 72.5 Å². The number of nitrogens with zero attached hydrogens (tertiary/aromatic N) is 4. The highest BCUT2D eigenvalue weighted by atomic mass is 127. The first-order valence-electron chi connectivity index (χ1n) is 36.8. The van der Waals surface area contributed by atoms with Gasteiger partial charge in [0.25, 0.3) is 0 Å². The number of methoxy groups -OCH3 is 2. The van der Waals surface area contributed by atoms with Crippen molar-refractivity contribution < 1.29 is 61.0 Å². The van der Waals surface area contributed by atoms with Gasteiger partial charge in [-0.2, -0.15) is 0 Å². The number of furan rings is 2. The second-order valence-corrected chi connectivity index (χ2v) is 35.5. The first-order chi connectivity index (χ1) is 54.3. The number of hydrogen-bond donors (Lipinski definition) is 4. The summed E-state index contributed by atoms with van der Waals surface area (Å²) in [5.74, 6) is 1.22. The Morgan fingerprint density at radius 1 is 0.448 bits per heavy atom. The van der Waals surface area contributed by atoms with Crippen LogP contribution in [0.1, 0.15) is 103 Å². The van der Waals surface area contributed by atoms with Gasteiger partial charge in [-0.1, -0.05) is 157 Å². The maximum atomic E-state index is 9.17. The van der Waals surface area contributed by atoms with Crippen LogP contribution in [0.2, 0.25) is 20.1 Å². The van der Waals surface area contributed by atoms with E-state index in [9.17, 15) is 10.0 Å². The van der Waals surface area contributed by atoms with Gasteiger partial charge in [-0.25, -0.2) is 15.0 Å². The monoisotopic (exact) mass is 1950 g/mol. The normalized spacial score (nSPS) is 16.4. The Bertz CT molecular complexity index is 5830. The molecule has 8 aromatic carbocycles. The van der Waals surface area contributed by atoms with Crippen LogP contribution in [0.15, 0.2) is 193 Å². The van der Waals surface area contributed by atoms with E-state index < -0.39 is 39.5 Å². The Morgan fingerprint density at radius 2 is 0.802 bits per heavy atom. The molecule has 4 aliphatic rings. The van der Waals surface area contributed by atoms with Gasteiger partial charge >= 0.3 is 28.3 Å². The molecule has 0 amide bonds. The molecule has 4 saturated heterocycles. The van der Waals surface area contributed by atoms with E-state index in [1.165, 1.54) is 37.7 Å². The molecule has 4 aliphatic heterocycles. The van der Waals surface area contributed by atoms with E-state index in [0.29, 0.717) is 64.0 Å². The van der Waals surface area contributed by atoms with Gasteiger partial charge in [-0.05, 0) is 252 Å². The minimum absolute atomic E-state index is 0. The lowest BCUT2D eigenvalue weighted by Gasteiger charge is -2.32. The number of rotatable bonds is 6. The summed E-state index contributed by atoms with van der Waals surface area (Å²) in [6, 6.07) is 48.0. The van der Waals surface area contributed by atoms with Gasteiger partial charge in [-0.3, -0.25) is 4.98 Å². The average Bonchev–Trinajstić information content (AvgIpc) is 1.61. The molecule has 14 aromatic rings. The third-order valence-corrected chi connectivity index (χ3v) is 26.2. The SMILES string of the molecule is C.C1CCOC1.CC1(C)OB(B2OC(C)(C)C(C)(C)O2)OC1(C)C.CC1(C)OB(c2ncc(Cl)c3oc4cc5ccccc5cc4c23)OC1(C)C.COc1cc2ccccc2cc1-c1c(Br)ncc(Cl)c1N.COc1cc2ccccc2cc1B(O)O.Clc1cnc(Br)c2c1oc1cc3ccccc3cc12.Nc1c(Cl)cnc(Br)c1I. The van der Waals surface area contributed by atoms with Crippen LogP contribution >= 0.6 is 117 Å². The van der Waals surface area contributed by atoms with Crippen molar-refractivity contribution in [2.24, 2.45) is 0 Å². The second kappa shape index (κ2) is 36.8. The molecule has 19 nitrogen and oxygen atoms in total. The minimum atomic E-state index is -1.51. The number of nitrogens with two attached hydrogens (primary N) is 2. The first kappa shape index (κ1) is 90.2. The summed E-state index contributed by atoms with van der Waals surface area (Å²) in [4.78, 5) is 17.0. The summed E-state index contributed by atoms with van der Waals surface area (Å²) in [7, 11) is 0.102. The molecule has 6 aromatic heterocycles. The van der Waals surface area contributed by atoms with E-state index in [-0.39, 0.29) is 29.8 Å². The van der Waals surface area contributed by atoms with Crippen LogP contribution in [-0.4, -0.2) is 119 Å². The predicted molar refractivity (Wildman–Crippen MR) is 496 cm³/mol. The molecule has 10 heterocycles. The van der Waals surface area contributed by atoms with Crippen molar-refractivity contribution in [3.05, 3.63) is 208 Å². The number of anilines is 2. The van der Waals surface area contributed by atoms with Gasteiger partial charge in [0.15, 0.2) is 11.2 Å². The number of nitrogen functional groups attached to an aromatic ring is 2. The fraction of sp³-hybridized carbons (Fsp3) is 0.294. The molecule has 0 saturated carbocycles. The number of aromatic nitrogens is 4. The van der Waals surface area contributed by atoms with E-state index >= 15 is 0 Å². The molecule has 18 rings (SSSR count). The van der Waals surface area contributed by atoms with E-state index in [1.807, 2.05) is 180 Å². The molecule has 4 fully saturated rings. The molecule has 604 valence electrons. The molecule has 0 unspecified atom stereocenters. The zero-order chi connectivity index (χ0) is 83.0. The number of ether oxygens (including phenoxy) is 3. The van der Waals surface area contributed by atoms with E-state index in [0.717, 1.165) is 113 Å². The lowest BCUT2D eigenvalue weighted by molar-refractivity contribution is 0.00578. The third kappa shape index (κ3) is 19.2. The molecule has 0 aliphatic carbocycles. The molecular formula is C85H88B4Br3Cl4IN6O13. The molecule has 0 radical (unpaired) electrons. The summed E-state index contributed by atoms with van der Waals surface area (Å²) < 4.78 is 66.8. The van der Waals surface area contributed by atoms with Crippen LogP contribution in [0.5, 0.6) is 11.5 Å². The lowest BCUT2D eigenvalue weighted by atomic mass is 9.49. The summed E-state index contributed by atoms with van der Waals surface area (Å²) in [6.07, 6.45) is 8.80. The van der Waals surface area contributed by atoms with Crippen molar-refractivity contribution in [2.75, 3.05) is 38.9 Å². The molecule has 31 heteroatoms. The van der Waals surface area contributed by atoms with Gasteiger partial charge in [0.2, 0.25) is 0 Å². The summed E-state index contributed by atoms with van der Waals surface area (Å²) in [5.41, 5.74) is 16.0. The van der Waals surface area contributed by atoms with Crippen LogP contribution in [0.25, 0.3) is 98.1 Å². The Hall–Kier alpha value is -6.57. The number of halogens is 8. The zero-order valence-corrected chi connectivity index (χ0v) is 75.6. The lowest BCUT2D eigenvalue weighted by Crippen LogP contribution is -2.41. The van der Waals surface area contributed by atoms with Gasteiger partial charge in [0.05, 0.1) is 90.0 Å². The highest BCUT2D eigenvalue weighted by molar-refractivity contribution is 14.1. The van der Waals surface area contributed by atoms with E-state index in [4.69, 9.17) is 109 Å². The van der Waals surface area contributed by atoms with Crippen molar-refractivity contribution in [1.82, 2.24) is 19.9 Å². The maximum Gasteiger partial charge on any atom is 0.515 e. The number of pyridine rings is 4. The topological polar surface area (TPSA) is 253 Å². The van der Waals surface area contributed by atoms with Crippen LogP contribution in [0, 0.1) is 3.57 Å². The molecule has 116 heavy (non-hydrogen) atoms. The van der Waals surface area contributed by atoms with Crippen molar-refractivity contribution in [1.29, 1.82) is 0 Å². The minimum Gasteiger partial charge on any atom is -0.497 e. The summed E-state index contributed by atoms with van der Waals surface area (Å²) in [6.45, 7) is 26.3. The molecule has 0 atom stereocenters. The average molecular weight is 1950 g/mol. The van der Waals surface area contributed by atoms with E-state index in [1.54, 1.807) is 31.6 Å². The smallest absolute Gasteiger partial charge is 0.497 e. The van der Waals surface area contributed by atoms with Crippen LogP contribution in [0.4, 0.5) is 11.4 Å². The van der Waals surface area contributed by atoms with Crippen molar-refractivity contribution >= 4 is 254 Å². The fourth-order valence-electron chi connectivity index (χ4n) is 12.9. The van der Waals surface area contributed by atoms with Crippen LogP contribution < -0.4 is 32.0 Å². The predicted octanol–water partition coefficient (Wildman–Crippen LogP) is 22.4. The number of fused-ring (bicyclic) bond motifs is 10. The standard InChI is InChI=1S/C21H19BClNO3.C16H12BrClN2O.C15H7BrClNO.C12H24B2O4.C11H11BO3.C5H3BrClIN2.C4H8O.CH4/c1-20(2)21(3,4)27-22(26-20)19-17-14-9-12-7-5-6-8-13(12)10-16(14)25-18(17)15(23)11-24-19;1-21-13-7-10-5-3-2-4-9(10)6-11(13)14-15(19)12(18)8-20-16(14)17;16-15-13-10-5-8-3-1-2-4-9(8)6-12(10)19-14(13)11(17)7-18-15;1-9(2)10(3,4)16-13(15-9)14-17-11(5,6)12(7,8)18-14;1-15-11-7-9-5-3-2-4-8(9)6-10(11)12(13)14;6-5-3(8)4(9)2(7)1-10-5;1-2-4-5-3-1;/h5-11H,1-4H3;2-8H,1H3,(H2,19,20);1-7H;1-8H3;2-7,13-14H,1H3;1H,(H2,9,10);1-4H2;1H4. The van der Waals surface area contributed by atoms with Crippen LogP contribution in [0.3, 0.4) is 0 Å². The van der Waals surface area contributed by atoms with Crippen LogP contribution in [-0.2, 0) is 32.7 Å². The highest BCUT2D eigenvalue weighted by Crippen LogP contribution is 2.47. The molecule has 0 bridgehead atoms. The van der Waals surface area contributed by atoms with Crippen molar-refractivity contribution in [3.63, 3.8) is 0 Å². The Kier molecular flexibility index (Phi) is 28.6. The molecule has 0 spiro atoms. The number of hydrogen-bond acceptors (Lipinski definition) is 19. The first-order valence-corrected chi connectivity index (χ1v) is 41.8. The van der Waals surface area contributed by atoms with Gasteiger partial charge in [0.1, 0.15) is 46.5 Å². The van der Waals surface area contributed by atoms with Crippen molar-refractivity contribution in [2.45, 2.75) is 137 Å². The Labute approximate surface area is 735 Å². The van der Waals surface area contributed by atoms with E-state index in [2.05, 4.69) is 127 Å². The van der Waals surface area contributed by atoms with Crippen molar-refractivity contribution in [3.8, 4) is 22.6 Å².